The molecule has 2 rings (SSSR count). The van der Waals surface area contributed by atoms with Crippen molar-refractivity contribution in [2.24, 2.45) is 0 Å². The van der Waals surface area contributed by atoms with Gasteiger partial charge >= 0.3 is 5.69 Å². The Balaban J connectivity index is 1.99. The first-order chi connectivity index (χ1) is 8.46. The second kappa shape index (κ2) is 4.97. The molecule has 0 saturated carbocycles. The van der Waals surface area contributed by atoms with Crippen molar-refractivity contribution in [2.45, 2.75) is 25.3 Å². The first-order valence-electron chi connectivity index (χ1n) is 5.81. The number of hydrogen-bond donors (Lipinski definition) is 1. The molecule has 0 radical (unpaired) electrons. The molecule has 4 nitrogen and oxygen atoms in total. The van der Waals surface area contributed by atoms with Crippen molar-refractivity contribution in [3.8, 4) is 0 Å². The van der Waals surface area contributed by atoms with Crippen LogP contribution >= 0.6 is 0 Å². The summed E-state index contributed by atoms with van der Waals surface area (Å²) in [6, 6.07) is 6.24. The minimum atomic E-state index is -2.60. The summed E-state index contributed by atoms with van der Waals surface area (Å²) >= 11 is 0. The molecule has 0 amide bonds. The molecule has 0 spiro atoms. The maximum atomic E-state index is 13.2. The molecule has 18 heavy (non-hydrogen) atoms. The van der Waals surface area contributed by atoms with E-state index in [1.54, 1.807) is 17.0 Å². The minimum absolute atomic E-state index is 0.0436. The monoisotopic (exact) mass is 257 g/mol. The normalized spacial score (nSPS) is 19.7. The SMILES string of the molecule is O=[N+](O)c1ccc(CN2CCCC(F)(F)C2)cc1. The fourth-order valence-electron chi connectivity index (χ4n) is 2.17. The molecule has 0 aromatic heterocycles. The Labute approximate surface area is 103 Å². The lowest BCUT2D eigenvalue weighted by molar-refractivity contribution is -0.729. The average Bonchev–Trinajstić information content (AvgIpc) is 2.28. The Morgan fingerprint density at radius 3 is 2.56 bits per heavy atom. The van der Waals surface area contributed by atoms with E-state index in [0.717, 1.165) is 5.56 Å². The highest BCUT2D eigenvalue weighted by Gasteiger charge is 2.34. The quantitative estimate of drug-likeness (QED) is 0.847. The Kier molecular flexibility index (Phi) is 3.56. The highest BCUT2D eigenvalue weighted by Crippen LogP contribution is 2.27. The van der Waals surface area contributed by atoms with Crippen LogP contribution in [0.15, 0.2) is 24.3 Å². The summed E-state index contributed by atoms with van der Waals surface area (Å²) in [6.07, 6.45) is 0.453. The third kappa shape index (κ3) is 3.22. The van der Waals surface area contributed by atoms with Gasteiger partial charge < -0.3 is 0 Å². The van der Waals surface area contributed by atoms with Crippen LogP contribution in [-0.4, -0.2) is 34.0 Å². The summed E-state index contributed by atoms with van der Waals surface area (Å²) in [6.45, 7) is 0.869. The molecule has 1 heterocycles. The van der Waals surface area contributed by atoms with Gasteiger partial charge in [-0.15, -0.1) is 0 Å². The van der Waals surface area contributed by atoms with Gasteiger partial charge in [-0.05, 0) is 18.5 Å². The molecule has 6 heteroatoms. The topological polar surface area (TPSA) is 43.6 Å². The van der Waals surface area contributed by atoms with Crippen LogP contribution < -0.4 is 0 Å². The Morgan fingerprint density at radius 1 is 1.33 bits per heavy atom. The lowest BCUT2D eigenvalue weighted by Gasteiger charge is -2.32. The Hall–Kier alpha value is -1.56. The summed E-state index contributed by atoms with van der Waals surface area (Å²) in [5.41, 5.74) is 0.973. The van der Waals surface area contributed by atoms with E-state index in [1.807, 2.05) is 0 Å². The van der Waals surface area contributed by atoms with E-state index in [4.69, 9.17) is 5.21 Å². The van der Waals surface area contributed by atoms with Crippen molar-refractivity contribution in [3.05, 3.63) is 34.7 Å². The van der Waals surface area contributed by atoms with Crippen LogP contribution in [0.1, 0.15) is 18.4 Å². The van der Waals surface area contributed by atoms with Crippen molar-refractivity contribution >= 4 is 5.69 Å². The van der Waals surface area contributed by atoms with Crippen molar-refractivity contribution < 1.29 is 18.9 Å². The van der Waals surface area contributed by atoms with Crippen LogP contribution in [0.3, 0.4) is 0 Å². The molecule has 1 aromatic rings. The number of benzene rings is 1. The largest absolute Gasteiger partial charge is 0.316 e. The fourth-order valence-corrected chi connectivity index (χ4v) is 2.17. The average molecular weight is 257 g/mol. The second-order valence-corrected chi connectivity index (χ2v) is 4.61. The first-order valence-corrected chi connectivity index (χ1v) is 5.81. The van der Waals surface area contributed by atoms with Gasteiger partial charge in [-0.1, -0.05) is 12.1 Å². The summed E-state index contributed by atoms with van der Waals surface area (Å²) in [7, 11) is 0. The highest BCUT2D eigenvalue weighted by atomic mass is 19.3. The summed E-state index contributed by atoms with van der Waals surface area (Å²) < 4.78 is 26.4. The van der Waals surface area contributed by atoms with Crippen molar-refractivity contribution in [1.29, 1.82) is 0 Å². The number of piperidine rings is 1. The van der Waals surface area contributed by atoms with Gasteiger partial charge in [0.05, 0.1) is 11.5 Å². The number of hydrogen-bond acceptors (Lipinski definition) is 2. The standard InChI is InChI=1S/C12H15F2N2O2/c13-12(14)6-1-7-15(9-12)8-10-2-4-11(5-3-10)16(17)18/h2-5H,1,6-9H2,(H,17,18)/q+1. The molecule has 1 fully saturated rings. The van der Waals surface area contributed by atoms with Gasteiger partial charge in [0.25, 0.3) is 10.8 Å². The molecule has 98 valence electrons. The van der Waals surface area contributed by atoms with Gasteiger partial charge in [0, 0.05) is 25.1 Å². The van der Waals surface area contributed by atoms with Crippen LogP contribution in [0.5, 0.6) is 0 Å². The van der Waals surface area contributed by atoms with E-state index >= 15 is 0 Å². The van der Waals surface area contributed by atoms with Crippen LogP contribution in [0.4, 0.5) is 14.5 Å². The third-order valence-electron chi connectivity index (χ3n) is 3.04. The molecule has 1 N–H and O–H groups in total. The van der Waals surface area contributed by atoms with Gasteiger partial charge in [0.2, 0.25) is 0 Å². The molecule has 1 aliphatic heterocycles. The molecule has 1 saturated heterocycles. The van der Waals surface area contributed by atoms with Crippen molar-refractivity contribution in [2.75, 3.05) is 13.1 Å². The zero-order valence-electron chi connectivity index (χ0n) is 9.85. The molecule has 1 aromatic carbocycles. The Bertz CT molecular complexity index is 434. The lowest BCUT2D eigenvalue weighted by Crippen LogP contribution is -2.41. The number of halogens is 2. The van der Waals surface area contributed by atoms with Crippen LogP contribution in [0.2, 0.25) is 0 Å². The molecule has 0 bridgehead atoms. The van der Waals surface area contributed by atoms with Gasteiger partial charge in [-0.2, -0.15) is 0 Å². The zero-order chi connectivity index (χ0) is 13.2. The van der Waals surface area contributed by atoms with Gasteiger partial charge in [0.15, 0.2) is 0 Å². The van der Waals surface area contributed by atoms with Gasteiger partial charge in [-0.25, -0.2) is 14.0 Å². The van der Waals surface area contributed by atoms with E-state index < -0.39 is 5.92 Å². The van der Waals surface area contributed by atoms with Gasteiger partial charge in [0.1, 0.15) is 0 Å². The van der Waals surface area contributed by atoms with E-state index in [0.29, 0.717) is 19.5 Å². The fraction of sp³-hybridized carbons (Fsp3) is 0.500. The highest BCUT2D eigenvalue weighted by molar-refractivity contribution is 5.32. The third-order valence-corrected chi connectivity index (χ3v) is 3.04. The van der Waals surface area contributed by atoms with E-state index in [2.05, 4.69) is 0 Å². The maximum Gasteiger partial charge on any atom is 0.316 e. The maximum absolute atomic E-state index is 13.2. The summed E-state index contributed by atoms with van der Waals surface area (Å²) in [5.74, 6) is -2.60. The summed E-state index contributed by atoms with van der Waals surface area (Å²) in [5, 5.41) is 8.67. The smallest absolute Gasteiger partial charge is 0.293 e. The van der Waals surface area contributed by atoms with Crippen molar-refractivity contribution in [3.63, 3.8) is 0 Å². The Morgan fingerprint density at radius 2 is 2.00 bits per heavy atom. The molecule has 0 aliphatic carbocycles. The van der Waals surface area contributed by atoms with Crippen LogP contribution in [-0.2, 0) is 6.54 Å². The lowest BCUT2D eigenvalue weighted by atomic mass is 10.1. The van der Waals surface area contributed by atoms with E-state index in [-0.39, 0.29) is 23.6 Å². The van der Waals surface area contributed by atoms with E-state index in [1.165, 1.54) is 12.1 Å². The zero-order valence-corrected chi connectivity index (χ0v) is 9.85. The number of alkyl halides is 2. The second-order valence-electron chi connectivity index (χ2n) is 4.61. The summed E-state index contributed by atoms with van der Waals surface area (Å²) in [4.78, 5) is 12.1. The predicted molar refractivity (Wildman–Crippen MR) is 61.0 cm³/mol. The van der Waals surface area contributed by atoms with Crippen molar-refractivity contribution in [1.82, 2.24) is 4.90 Å². The molecule has 0 unspecified atom stereocenters. The number of nitrogens with zero attached hydrogens (tertiary/aromatic N) is 2. The molecular formula is C12H15F2N2O2+. The van der Waals surface area contributed by atoms with E-state index in [9.17, 15) is 13.7 Å². The molecule has 0 atom stereocenters. The van der Waals surface area contributed by atoms with Crippen LogP contribution in [0.25, 0.3) is 0 Å². The predicted octanol–water partition coefficient (Wildman–Crippen LogP) is 2.72. The number of rotatable bonds is 3. The molecular weight excluding hydrogens is 242 g/mol. The minimum Gasteiger partial charge on any atom is -0.293 e. The molecule has 1 aliphatic rings. The number of likely N-dealkylation sites (tertiary alicyclic amines) is 1. The first kappa shape index (κ1) is 12.9. The van der Waals surface area contributed by atoms with Crippen LogP contribution in [0, 0.1) is 4.91 Å². The van der Waals surface area contributed by atoms with Gasteiger partial charge in [-0.3, -0.25) is 4.90 Å².